The molecule has 0 radical (unpaired) electrons. The average molecular weight is 374 g/mol. The molecular formula is C17H15N3OS3. The van der Waals surface area contributed by atoms with Crippen molar-refractivity contribution in [1.82, 2.24) is 10.4 Å². The largest absolute Gasteiger partial charge is 0.272 e. The minimum atomic E-state index is -0.137. The van der Waals surface area contributed by atoms with Crippen LogP contribution in [0, 0.1) is 6.92 Å². The predicted octanol–water partition coefficient (Wildman–Crippen LogP) is 4.42. The molecule has 24 heavy (non-hydrogen) atoms. The zero-order valence-electron chi connectivity index (χ0n) is 12.9. The zero-order valence-corrected chi connectivity index (χ0v) is 15.4. The molecule has 2 aromatic heterocycles. The second-order valence-electron chi connectivity index (χ2n) is 4.91. The van der Waals surface area contributed by atoms with Gasteiger partial charge in [0.15, 0.2) is 4.34 Å². The third kappa shape index (κ3) is 4.53. The fourth-order valence-electron chi connectivity index (χ4n) is 1.90. The van der Waals surface area contributed by atoms with E-state index in [0.717, 1.165) is 26.0 Å². The molecule has 0 aliphatic rings. The highest BCUT2D eigenvalue weighted by Crippen LogP contribution is 2.27. The molecule has 2 heterocycles. The van der Waals surface area contributed by atoms with Crippen molar-refractivity contribution in [3.8, 4) is 11.3 Å². The van der Waals surface area contributed by atoms with Gasteiger partial charge in [0, 0.05) is 15.8 Å². The Kier molecular flexibility index (Phi) is 5.79. The van der Waals surface area contributed by atoms with Crippen LogP contribution < -0.4 is 5.43 Å². The van der Waals surface area contributed by atoms with Crippen LogP contribution in [0.25, 0.3) is 11.3 Å². The topological polar surface area (TPSA) is 54.4 Å². The van der Waals surface area contributed by atoms with Crippen LogP contribution in [0.1, 0.15) is 10.4 Å². The second-order valence-corrected chi connectivity index (χ2v) is 7.94. The Bertz CT molecular complexity index is 840. The van der Waals surface area contributed by atoms with Gasteiger partial charge in [0.05, 0.1) is 17.7 Å². The van der Waals surface area contributed by atoms with Crippen molar-refractivity contribution >= 4 is 46.6 Å². The Balaban J connectivity index is 1.49. The number of aryl methyl sites for hydroxylation is 1. The molecule has 0 fully saturated rings. The number of thioether (sulfide) groups is 1. The first-order valence-electron chi connectivity index (χ1n) is 7.22. The molecule has 0 atom stereocenters. The van der Waals surface area contributed by atoms with E-state index in [0.29, 0.717) is 5.75 Å². The third-order valence-corrected chi connectivity index (χ3v) is 6.13. The number of hydrogen-bond donors (Lipinski definition) is 1. The SMILES string of the molecule is Cc1ccsc1/C=N/NC(=O)CSc1nc(-c2ccccc2)cs1. The number of carbonyl (C=O) groups is 1. The number of nitrogens with one attached hydrogen (secondary N) is 1. The van der Waals surface area contributed by atoms with E-state index < -0.39 is 0 Å². The predicted molar refractivity (Wildman–Crippen MR) is 103 cm³/mol. The summed E-state index contributed by atoms with van der Waals surface area (Å²) in [6.45, 7) is 2.02. The van der Waals surface area contributed by atoms with Gasteiger partial charge in [-0.1, -0.05) is 42.1 Å². The molecule has 1 aromatic carbocycles. The first kappa shape index (κ1) is 16.9. The Morgan fingerprint density at radius 1 is 1.29 bits per heavy atom. The van der Waals surface area contributed by atoms with Crippen molar-refractivity contribution in [2.75, 3.05) is 5.75 Å². The van der Waals surface area contributed by atoms with Crippen LogP contribution in [0.3, 0.4) is 0 Å². The Morgan fingerprint density at radius 2 is 2.12 bits per heavy atom. The molecule has 0 bridgehead atoms. The highest BCUT2D eigenvalue weighted by atomic mass is 32.2. The van der Waals surface area contributed by atoms with Crippen LogP contribution in [0.4, 0.5) is 0 Å². The Labute approximate surface area is 152 Å². The highest BCUT2D eigenvalue weighted by Gasteiger charge is 2.07. The van der Waals surface area contributed by atoms with E-state index in [1.807, 2.05) is 54.1 Å². The highest BCUT2D eigenvalue weighted by molar-refractivity contribution is 8.01. The standard InChI is InChI=1S/C17H15N3OS3/c1-12-7-8-22-15(12)9-18-20-16(21)11-24-17-19-14(10-23-17)13-5-3-2-4-6-13/h2-10H,11H2,1H3,(H,20,21)/b18-9+. The van der Waals surface area contributed by atoms with Crippen LogP contribution in [0.15, 0.2) is 56.6 Å². The van der Waals surface area contributed by atoms with Crippen LogP contribution in [-0.2, 0) is 4.79 Å². The number of nitrogens with zero attached hydrogens (tertiary/aromatic N) is 2. The normalized spacial score (nSPS) is 11.0. The lowest BCUT2D eigenvalue weighted by Gasteiger charge is -1.98. The smallest absolute Gasteiger partial charge is 0.250 e. The lowest BCUT2D eigenvalue weighted by atomic mass is 10.2. The lowest BCUT2D eigenvalue weighted by molar-refractivity contribution is -0.118. The lowest BCUT2D eigenvalue weighted by Crippen LogP contribution is -2.19. The molecule has 0 spiro atoms. The summed E-state index contributed by atoms with van der Waals surface area (Å²) in [4.78, 5) is 17.4. The van der Waals surface area contributed by atoms with Crippen molar-refractivity contribution in [2.45, 2.75) is 11.3 Å². The zero-order chi connectivity index (χ0) is 16.8. The third-order valence-electron chi connectivity index (χ3n) is 3.15. The van der Waals surface area contributed by atoms with Gasteiger partial charge in [-0.25, -0.2) is 10.4 Å². The van der Waals surface area contributed by atoms with Crippen molar-refractivity contribution in [2.24, 2.45) is 5.10 Å². The molecule has 4 nitrogen and oxygen atoms in total. The van der Waals surface area contributed by atoms with Crippen molar-refractivity contribution in [3.63, 3.8) is 0 Å². The summed E-state index contributed by atoms with van der Waals surface area (Å²) in [5.74, 6) is 0.157. The maximum Gasteiger partial charge on any atom is 0.250 e. The number of carbonyl (C=O) groups excluding carboxylic acids is 1. The minimum absolute atomic E-state index is 0.137. The van der Waals surface area contributed by atoms with E-state index in [2.05, 4.69) is 15.5 Å². The quantitative estimate of drug-likeness (QED) is 0.395. The summed E-state index contributed by atoms with van der Waals surface area (Å²) in [6.07, 6.45) is 1.68. The van der Waals surface area contributed by atoms with E-state index in [1.54, 1.807) is 28.9 Å². The summed E-state index contributed by atoms with van der Waals surface area (Å²) in [7, 11) is 0. The summed E-state index contributed by atoms with van der Waals surface area (Å²) < 4.78 is 0.877. The number of thiophene rings is 1. The first-order chi connectivity index (χ1) is 11.7. The van der Waals surface area contributed by atoms with Crippen LogP contribution in [0.2, 0.25) is 0 Å². The van der Waals surface area contributed by atoms with Gasteiger partial charge in [0.25, 0.3) is 5.91 Å². The number of aromatic nitrogens is 1. The van der Waals surface area contributed by atoms with E-state index in [9.17, 15) is 4.79 Å². The van der Waals surface area contributed by atoms with Crippen molar-refractivity contribution < 1.29 is 4.79 Å². The van der Waals surface area contributed by atoms with E-state index in [4.69, 9.17) is 0 Å². The number of hydrazone groups is 1. The maximum absolute atomic E-state index is 11.8. The summed E-state index contributed by atoms with van der Waals surface area (Å²) in [5, 5.41) is 8.00. The fourth-order valence-corrected chi connectivity index (χ4v) is 4.32. The minimum Gasteiger partial charge on any atom is -0.272 e. The summed E-state index contributed by atoms with van der Waals surface area (Å²) in [6, 6.07) is 12.0. The van der Waals surface area contributed by atoms with E-state index in [1.165, 1.54) is 11.8 Å². The number of hydrogen-bond acceptors (Lipinski definition) is 6. The molecular weight excluding hydrogens is 358 g/mol. The molecule has 3 aromatic rings. The molecule has 0 aliphatic heterocycles. The molecule has 122 valence electrons. The Hall–Kier alpha value is -1.96. The Morgan fingerprint density at radius 3 is 2.88 bits per heavy atom. The van der Waals surface area contributed by atoms with Gasteiger partial charge in [-0.15, -0.1) is 22.7 Å². The fraction of sp³-hybridized carbons (Fsp3) is 0.118. The molecule has 0 saturated carbocycles. The molecule has 0 saturated heterocycles. The number of rotatable bonds is 6. The van der Waals surface area contributed by atoms with Gasteiger partial charge in [-0.3, -0.25) is 4.79 Å². The van der Waals surface area contributed by atoms with Gasteiger partial charge < -0.3 is 0 Å². The van der Waals surface area contributed by atoms with Crippen molar-refractivity contribution in [1.29, 1.82) is 0 Å². The van der Waals surface area contributed by atoms with Crippen LogP contribution >= 0.6 is 34.4 Å². The van der Waals surface area contributed by atoms with Gasteiger partial charge in [0.2, 0.25) is 0 Å². The summed E-state index contributed by atoms with van der Waals surface area (Å²) in [5.41, 5.74) is 5.73. The molecule has 0 aliphatic carbocycles. The second kappa shape index (κ2) is 8.23. The number of thiazole rings is 1. The van der Waals surface area contributed by atoms with Gasteiger partial charge >= 0.3 is 0 Å². The molecule has 0 unspecified atom stereocenters. The van der Waals surface area contributed by atoms with Gasteiger partial charge in [0.1, 0.15) is 0 Å². The van der Waals surface area contributed by atoms with Crippen LogP contribution in [0.5, 0.6) is 0 Å². The van der Waals surface area contributed by atoms with Gasteiger partial charge in [-0.2, -0.15) is 5.10 Å². The first-order valence-corrected chi connectivity index (χ1v) is 9.96. The average Bonchev–Trinajstić information content (AvgIpc) is 3.23. The van der Waals surface area contributed by atoms with Gasteiger partial charge in [-0.05, 0) is 23.9 Å². The number of amides is 1. The van der Waals surface area contributed by atoms with E-state index in [-0.39, 0.29) is 5.91 Å². The monoisotopic (exact) mass is 373 g/mol. The molecule has 1 amide bonds. The molecule has 3 rings (SSSR count). The van der Waals surface area contributed by atoms with Crippen LogP contribution in [-0.4, -0.2) is 22.9 Å². The molecule has 1 N–H and O–H groups in total. The number of benzene rings is 1. The maximum atomic E-state index is 11.8. The summed E-state index contributed by atoms with van der Waals surface area (Å²) >= 11 is 4.56. The molecule has 7 heteroatoms. The van der Waals surface area contributed by atoms with Crippen molar-refractivity contribution in [3.05, 3.63) is 57.6 Å². The van der Waals surface area contributed by atoms with E-state index >= 15 is 0 Å².